The highest BCUT2D eigenvalue weighted by Crippen LogP contribution is 2.28. The van der Waals surface area contributed by atoms with Gasteiger partial charge in [-0.25, -0.2) is 8.42 Å². The first-order valence-electron chi connectivity index (χ1n) is 9.59. The van der Waals surface area contributed by atoms with Gasteiger partial charge in [0.2, 0.25) is 10.0 Å². The molecule has 0 aromatic heterocycles. The van der Waals surface area contributed by atoms with Gasteiger partial charge in [-0.2, -0.15) is 4.31 Å². The number of hydrogen-bond donors (Lipinski definition) is 1. The summed E-state index contributed by atoms with van der Waals surface area (Å²) in [4.78, 5) is 35.2. The van der Waals surface area contributed by atoms with Gasteiger partial charge in [-0.15, -0.1) is 0 Å². The molecule has 1 saturated heterocycles. The Balaban J connectivity index is 1.64. The van der Waals surface area contributed by atoms with E-state index in [-0.39, 0.29) is 34.8 Å². The van der Waals surface area contributed by atoms with Gasteiger partial charge >= 0.3 is 5.97 Å². The quantitative estimate of drug-likeness (QED) is 0.364. The molecular weight excluding hydrogens is 462 g/mol. The molecule has 0 unspecified atom stereocenters. The Hall–Kier alpha value is -3.02. The minimum Gasteiger partial charge on any atom is -0.454 e. The Kier molecular flexibility index (Phi) is 7.12. The molecule has 3 rings (SSSR count). The minimum absolute atomic E-state index is 0.000454. The highest BCUT2D eigenvalue weighted by molar-refractivity contribution is 7.89. The molecule has 1 fully saturated rings. The lowest BCUT2D eigenvalue weighted by molar-refractivity contribution is -0.385. The Morgan fingerprint density at radius 2 is 1.94 bits per heavy atom. The maximum atomic E-state index is 12.9. The average Bonchev–Trinajstić information content (AvgIpc) is 3.24. The number of nitrogens with one attached hydrogen (secondary N) is 1. The first kappa shape index (κ1) is 23.6. The third kappa shape index (κ3) is 5.06. The van der Waals surface area contributed by atoms with E-state index in [4.69, 9.17) is 16.3 Å². The molecular formula is C20H20ClN3O7S. The van der Waals surface area contributed by atoms with Crippen LogP contribution in [0.2, 0.25) is 5.02 Å². The highest BCUT2D eigenvalue weighted by atomic mass is 35.5. The normalized spacial score (nSPS) is 16.5. The lowest BCUT2D eigenvalue weighted by Gasteiger charge is -2.22. The molecule has 1 aliphatic heterocycles. The van der Waals surface area contributed by atoms with Gasteiger partial charge in [-0.05, 0) is 50.1 Å². The van der Waals surface area contributed by atoms with Crippen molar-refractivity contribution < 1.29 is 27.7 Å². The molecule has 10 nitrogen and oxygen atoms in total. The van der Waals surface area contributed by atoms with Crippen LogP contribution in [0.3, 0.4) is 0 Å². The van der Waals surface area contributed by atoms with Gasteiger partial charge in [0, 0.05) is 17.6 Å². The predicted octanol–water partition coefficient (Wildman–Crippen LogP) is 2.89. The van der Waals surface area contributed by atoms with Gasteiger partial charge in [-0.1, -0.05) is 17.7 Å². The number of esters is 1. The summed E-state index contributed by atoms with van der Waals surface area (Å²) in [5.74, 6) is -1.54. The molecule has 1 aliphatic rings. The molecule has 1 heterocycles. The van der Waals surface area contributed by atoms with Crippen LogP contribution < -0.4 is 5.32 Å². The molecule has 1 N–H and O–H groups in total. The van der Waals surface area contributed by atoms with Crippen LogP contribution in [0.25, 0.3) is 0 Å². The van der Waals surface area contributed by atoms with E-state index >= 15 is 0 Å². The van der Waals surface area contributed by atoms with Crippen LogP contribution >= 0.6 is 11.6 Å². The summed E-state index contributed by atoms with van der Waals surface area (Å²) in [6, 6.07) is 8.75. The zero-order chi connectivity index (χ0) is 23.5. The second kappa shape index (κ2) is 9.63. The molecule has 2 aromatic carbocycles. The van der Waals surface area contributed by atoms with E-state index in [1.807, 2.05) is 0 Å². The summed E-state index contributed by atoms with van der Waals surface area (Å²) in [5.41, 5.74) is 0.315. The summed E-state index contributed by atoms with van der Waals surface area (Å²) in [6.45, 7) is 0.966. The Bertz CT molecular complexity index is 1150. The number of benzene rings is 2. The van der Waals surface area contributed by atoms with E-state index < -0.39 is 39.5 Å². The monoisotopic (exact) mass is 481 g/mol. The van der Waals surface area contributed by atoms with Gasteiger partial charge in [0.1, 0.15) is 6.04 Å². The van der Waals surface area contributed by atoms with E-state index in [1.165, 1.54) is 49.4 Å². The maximum Gasteiger partial charge on any atom is 0.324 e. The van der Waals surface area contributed by atoms with Crippen molar-refractivity contribution in [1.29, 1.82) is 0 Å². The number of nitro benzene ring substituents is 1. The number of nitro groups is 1. The second-order valence-electron chi connectivity index (χ2n) is 7.09. The Labute approximate surface area is 189 Å². The molecule has 2 aromatic rings. The number of carbonyl (C=O) groups excluding carboxylic acids is 2. The van der Waals surface area contributed by atoms with Crippen molar-refractivity contribution in [3.05, 3.63) is 63.2 Å². The van der Waals surface area contributed by atoms with Crippen molar-refractivity contribution in [2.24, 2.45) is 0 Å². The summed E-state index contributed by atoms with van der Waals surface area (Å²) in [7, 11) is -3.95. The SMILES string of the molecule is Cc1c(NC(=O)COC(=O)[C@H]2CCCN2S(=O)(=O)c2ccc(Cl)cc2)cccc1[N+](=O)[O-]. The molecule has 0 bridgehead atoms. The van der Waals surface area contributed by atoms with Gasteiger partial charge in [0.05, 0.1) is 21.1 Å². The summed E-state index contributed by atoms with van der Waals surface area (Å²) in [6.07, 6.45) is 0.725. The van der Waals surface area contributed by atoms with Crippen molar-refractivity contribution in [3.8, 4) is 0 Å². The van der Waals surface area contributed by atoms with Crippen LogP contribution in [-0.4, -0.2) is 48.7 Å². The van der Waals surface area contributed by atoms with Crippen molar-refractivity contribution >= 4 is 44.9 Å². The standard InChI is InChI=1S/C20H20ClN3O7S/c1-13-16(4-2-5-17(13)24(27)28)22-19(25)12-31-20(26)18-6-3-11-23(18)32(29,30)15-9-7-14(21)8-10-15/h2,4-5,7-10,18H,3,6,11-12H2,1H3,(H,22,25)/t18-/m1/s1. The van der Waals surface area contributed by atoms with Crippen LogP contribution in [0.5, 0.6) is 0 Å². The highest BCUT2D eigenvalue weighted by Gasteiger charge is 2.40. The van der Waals surface area contributed by atoms with Crippen LogP contribution in [0, 0.1) is 17.0 Å². The second-order valence-corrected chi connectivity index (χ2v) is 9.42. The fourth-order valence-corrected chi connectivity index (χ4v) is 5.15. The Morgan fingerprint density at radius 3 is 2.59 bits per heavy atom. The fourth-order valence-electron chi connectivity index (χ4n) is 3.38. The largest absolute Gasteiger partial charge is 0.454 e. The van der Waals surface area contributed by atoms with Crippen LogP contribution in [0.1, 0.15) is 18.4 Å². The number of carbonyl (C=O) groups is 2. The molecule has 32 heavy (non-hydrogen) atoms. The molecule has 0 spiro atoms. The number of anilines is 1. The van der Waals surface area contributed by atoms with E-state index in [0.29, 0.717) is 11.4 Å². The number of rotatable bonds is 7. The smallest absolute Gasteiger partial charge is 0.324 e. The lowest BCUT2D eigenvalue weighted by atomic mass is 10.1. The van der Waals surface area contributed by atoms with Crippen molar-refractivity contribution in [1.82, 2.24) is 4.31 Å². The van der Waals surface area contributed by atoms with E-state index in [9.17, 15) is 28.1 Å². The molecule has 1 atom stereocenters. The van der Waals surface area contributed by atoms with Gasteiger partial charge in [0.25, 0.3) is 11.6 Å². The maximum absolute atomic E-state index is 12.9. The van der Waals surface area contributed by atoms with E-state index in [2.05, 4.69) is 5.32 Å². The molecule has 0 aliphatic carbocycles. The van der Waals surface area contributed by atoms with E-state index in [1.54, 1.807) is 0 Å². The first-order chi connectivity index (χ1) is 15.1. The average molecular weight is 482 g/mol. The molecule has 170 valence electrons. The lowest BCUT2D eigenvalue weighted by Crippen LogP contribution is -2.42. The summed E-state index contributed by atoms with van der Waals surface area (Å²) in [5, 5.41) is 13.9. The van der Waals surface area contributed by atoms with Crippen LogP contribution in [-0.2, 0) is 24.3 Å². The van der Waals surface area contributed by atoms with E-state index in [0.717, 1.165) is 4.31 Å². The number of nitrogens with zero attached hydrogens (tertiary/aromatic N) is 2. The number of amides is 1. The third-order valence-electron chi connectivity index (χ3n) is 5.02. The molecule has 0 saturated carbocycles. The molecule has 0 radical (unpaired) electrons. The number of sulfonamides is 1. The zero-order valence-corrected chi connectivity index (χ0v) is 18.6. The first-order valence-corrected chi connectivity index (χ1v) is 11.4. The van der Waals surface area contributed by atoms with Crippen LogP contribution in [0.4, 0.5) is 11.4 Å². The predicted molar refractivity (Wildman–Crippen MR) is 116 cm³/mol. The van der Waals surface area contributed by atoms with Crippen molar-refractivity contribution in [2.45, 2.75) is 30.7 Å². The van der Waals surface area contributed by atoms with Gasteiger partial charge < -0.3 is 10.1 Å². The molecule has 12 heteroatoms. The summed E-state index contributed by atoms with van der Waals surface area (Å²) >= 11 is 5.81. The fraction of sp³-hybridized carbons (Fsp3) is 0.300. The van der Waals surface area contributed by atoms with Gasteiger partial charge in [0.15, 0.2) is 6.61 Å². The zero-order valence-electron chi connectivity index (χ0n) is 17.0. The summed E-state index contributed by atoms with van der Waals surface area (Å²) < 4.78 is 31.9. The minimum atomic E-state index is -3.95. The van der Waals surface area contributed by atoms with Gasteiger partial charge in [-0.3, -0.25) is 19.7 Å². The topological polar surface area (TPSA) is 136 Å². The number of ether oxygens (including phenoxy) is 1. The van der Waals surface area contributed by atoms with Crippen molar-refractivity contribution in [2.75, 3.05) is 18.5 Å². The van der Waals surface area contributed by atoms with Crippen LogP contribution in [0.15, 0.2) is 47.4 Å². The third-order valence-corrected chi connectivity index (χ3v) is 7.19. The number of hydrogen-bond acceptors (Lipinski definition) is 7. The Morgan fingerprint density at radius 1 is 1.25 bits per heavy atom. The van der Waals surface area contributed by atoms with Crippen molar-refractivity contribution in [3.63, 3.8) is 0 Å². The number of halogens is 1. The molecule has 1 amide bonds.